The SMILES string of the molecule is C[C@@H](NC(=O)C1CC(=O)NC(c2ncccn2)N1)c1ccc2c(c1)OC(F)(F)O2. The molecule has 11 heteroatoms. The summed E-state index contributed by atoms with van der Waals surface area (Å²) in [5, 5.41) is 8.44. The highest BCUT2D eigenvalue weighted by molar-refractivity contribution is 5.89. The van der Waals surface area contributed by atoms with Crippen LogP contribution in [0.2, 0.25) is 0 Å². The molecule has 9 nitrogen and oxygen atoms in total. The second-order valence-electron chi connectivity index (χ2n) is 6.63. The van der Waals surface area contributed by atoms with Gasteiger partial charge in [0.2, 0.25) is 11.8 Å². The minimum atomic E-state index is -3.71. The van der Waals surface area contributed by atoms with Crippen LogP contribution in [0.25, 0.3) is 0 Å². The van der Waals surface area contributed by atoms with Crippen LogP contribution in [0.5, 0.6) is 11.5 Å². The van der Waals surface area contributed by atoms with E-state index in [2.05, 4.69) is 35.4 Å². The maximum absolute atomic E-state index is 13.2. The summed E-state index contributed by atoms with van der Waals surface area (Å²) in [5.41, 5.74) is 0.543. The second-order valence-corrected chi connectivity index (χ2v) is 6.63. The standard InChI is InChI=1S/C18H17F2N5O4/c1-9(10-3-4-12-13(7-10)29-18(19,20)28-12)23-17(27)11-8-14(26)25-16(24-11)15-21-5-2-6-22-15/h2-7,9,11,16,24H,8H2,1H3,(H,23,27)(H,25,26)/t9-,11?,16?/m1/s1. The summed E-state index contributed by atoms with van der Waals surface area (Å²) in [7, 11) is 0. The predicted molar refractivity (Wildman–Crippen MR) is 93.7 cm³/mol. The first-order valence-electron chi connectivity index (χ1n) is 8.83. The molecule has 0 radical (unpaired) electrons. The van der Waals surface area contributed by atoms with Crippen molar-refractivity contribution in [2.45, 2.75) is 37.9 Å². The van der Waals surface area contributed by atoms with Crippen molar-refractivity contribution >= 4 is 11.8 Å². The Balaban J connectivity index is 1.43. The molecule has 2 unspecified atom stereocenters. The molecule has 1 aromatic carbocycles. The average Bonchev–Trinajstić information content (AvgIpc) is 3.01. The molecule has 1 fully saturated rings. The van der Waals surface area contributed by atoms with Crippen LogP contribution in [0.4, 0.5) is 8.78 Å². The Hall–Kier alpha value is -3.34. The highest BCUT2D eigenvalue weighted by atomic mass is 19.3. The van der Waals surface area contributed by atoms with Crippen LogP contribution in [0.1, 0.15) is 36.9 Å². The number of hydrogen-bond donors (Lipinski definition) is 3. The molecule has 152 valence electrons. The third-order valence-corrected chi connectivity index (χ3v) is 4.51. The van der Waals surface area contributed by atoms with E-state index in [9.17, 15) is 18.4 Å². The summed E-state index contributed by atoms with van der Waals surface area (Å²) in [6.45, 7) is 1.69. The smallest absolute Gasteiger partial charge is 0.395 e. The van der Waals surface area contributed by atoms with Gasteiger partial charge in [0.25, 0.3) is 0 Å². The van der Waals surface area contributed by atoms with E-state index < -0.39 is 30.5 Å². The lowest BCUT2D eigenvalue weighted by atomic mass is 10.1. The van der Waals surface area contributed by atoms with Crippen LogP contribution >= 0.6 is 0 Å². The van der Waals surface area contributed by atoms with Gasteiger partial charge in [0.1, 0.15) is 6.17 Å². The Kier molecular flexibility index (Phi) is 4.74. The van der Waals surface area contributed by atoms with Crippen LogP contribution < -0.4 is 25.4 Å². The zero-order valence-corrected chi connectivity index (χ0v) is 15.2. The fourth-order valence-corrected chi connectivity index (χ4v) is 3.11. The van der Waals surface area contributed by atoms with E-state index in [0.717, 1.165) is 0 Å². The molecule has 1 aromatic heterocycles. The largest absolute Gasteiger partial charge is 0.586 e. The molecular formula is C18H17F2N5O4. The number of halogens is 2. The van der Waals surface area contributed by atoms with Gasteiger partial charge in [-0.2, -0.15) is 0 Å². The van der Waals surface area contributed by atoms with Crippen molar-refractivity contribution < 1.29 is 27.8 Å². The van der Waals surface area contributed by atoms with E-state index in [1.54, 1.807) is 19.1 Å². The number of fused-ring (bicyclic) bond motifs is 1. The molecule has 3 heterocycles. The number of rotatable bonds is 4. The van der Waals surface area contributed by atoms with Crippen LogP contribution in [0, 0.1) is 0 Å². The third-order valence-electron chi connectivity index (χ3n) is 4.51. The Morgan fingerprint density at radius 2 is 2.00 bits per heavy atom. The van der Waals surface area contributed by atoms with Gasteiger partial charge in [-0.3, -0.25) is 14.9 Å². The van der Waals surface area contributed by atoms with E-state index in [-0.39, 0.29) is 23.8 Å². The second kappa shape index (κ2) is 7.24. The van der Waals surface area contributed by atoms with Gasteiger partial charge >= 0.3 is 6.29 Å². The van der Waals surface area contributed by atoms with Crippen LogP contribution in [0.3, 0.4) is 0 Å². The summed E-state index contributed by atoms with van der Waals surface area (Å²) in [4.78, 5) is 32.8. The fourth-order valence-electron chi connectivity index (χ4n) is 3.11. The van der Waals surface area contributed by atoms with Crippen molar-refractivity contribution in [1.29, 1.82) is 0 Å². The predicted octanol–water partition coefficient (Wildman–Crippen LogP) is 1.15. The van der Waals surface area contributed by atoms with Gasteiger partial charge < -0.3 is 20.1 Å². The average molecular weight is 405 g/mol. The van der Waals surface area contributed by atoms with Gasteiger partial charge in [-0.25, -0.2) is 9.97 Å². The number of hydrogen-bond acceptors (Lipinski definition) is 7. The summed E-state index contributed by atoms with van der Waals surface area (Å²) < 4.78 is 35.1. The minimum absolute atomic E-state index is 0.0603. The number of nitrogens with zero attached hydrogens (tertiary/aromatic N) is 2. The van der Waals surface area contributed by atoms with Crippen molar-refractivity contribution in [1.82, 2.24) is 25.9 Å². The summed E-state index contributed by atoms with van der Waals surface area (Å²) in [6.07, 6.45) is -1.40. The lowest BCUT2D eigenvalue weighted by Crippen LogP contribution is -2.56. The zero-order chi connectivity index (χ0) is 20.6. The lowest BCUT2D eigenvalue weighted by molar-refractivity contribution is -0.286. The molecule has 2 aliphatic rings. The summed E-state index contributed by atoms with van der Waals surface area (Å²) in [6, 6.07) is 4.59. The van der Waals surface area contributed by atoms with Gasteiger partial charge in [0.05, 0.1) is 18.5 Å². The number of aromatic nitrogens is 2. The molecule has 29 heavy (non-hydrogen) atoms. The first-order chi connectivity index (χ1) is 13.8. The van der Waals surface area contributed by atoms with Crippen molar-refractivity contribution in [2.24, 2.45) is 0 Å². The van der Waals surface area contributed by atoms with Gasteiger partial charge in [-0.15, -0.1) is 8.78 Å². The molecule has 0 saturated carbocycles. The quantitative estimate of drug-likeness (QED) is 0.699. The number of carbonyl (C=O) groups excluding carboxylic acids is 2. The number of alkyl halides is 2. The number of amides is 2. The van der Waals surface area contributed by atoms with Crippen LogP contribution in [0.15, 0.2) is 36.7 Å². The van der Waals surface area contributed by atoms with Crippen molar-refractivity contribution in [3.63, 3.8) is 0 Å². The number of benzene rings is 1. The van der Waals surface area contributed by atoms with Crippen molar-refractivity contribution in [2.75, 3.05) is 0 Å². The molecule has 2 aromatic rings. The Morgan fingerprint density at radius 1 is 1.28 bits per heavy atom. The zero-order valence-electron chi connectivity index (χ0n) is 15.2. The third kappa shape index (κ3) is 4.09. The molecule has 2 amide bonds. The molecule has 3 atom stereocenters. The maximum Gasteiger partial charge on any atom is 0.586 e. The summed E-state index contributed by atoms with van der Waals surface area (Å²) in [5.74, 6) is -0.586. The van der Waals surface area contributed by atoms with Gasteiger partial charge in [0.15, 0.2) is 17.3 Å². The number of ether oxygens (including phenoxy) is 2. The van der Waals surface area contributed by atoms with Gasteiger partial charge in [-0.1, -0.05) is 6.07 Å². The highest BCUT2D eigenvalue weighted by Gasteiger charge is 2.43. The molecule has 0 aliphatic carbocycles. The molecule has 0 bridgehead atoms. The molecule has 4 rings (SSSR count). The number of carbonyl (C=O) groups is 2. The first kappa shape index (κ1) is 19.0. The Morgan fingerprint density at radius 3 is 2.76 bits per heavy atom. The van der Waals surface area contributed by atoms with Crippen molar-refractivity contribution in [3.05, 3.63) is 48.0 Å². The minimum Gasteiger partial charge on any atom is -0.395 e. The van der Waals surface area contributed by atoms with Crippen LogP contribution in [-0.4, -0.2) is 34.1 Å². The number of nitrogens with one attached hydrogen (secondary N) is 3. The molecule has 3 N–H and O–H groups in total. The van der Waals surface area contributed by atoms with E-state index >= 15 is 0 Å². The van der Waals surface area contributed by atoms with Gasteiger partial charge in [-0.05, 0) is 30.7 Å². The monoisotopic (exact) mass is 405 g/mol. The van der Waals surface area contributed by atoms with E-state index in [4.69, 9.17) is 0 Å². The topological polar surface area (TPSA) is 114 Å². The highest BCUT2D eigenvalue weighted by Crippen LogP contribution is 2.42. The van der Waals surface area contributed by atoms with Crippen LogP contribution in [-0.2, 0) is 9.59 Å². The molecule has 0 spiro atoms. The van der Waals surface area contributed by atoms with E-state index in [1.807, 2.05) is 0 Å². The molecular weight excluding hydrogens is 388 g/mol. The maximum atomic E-state index is 13.2. The van der Waals surface area contributed by atoms with E-state index in [0.29, 0.717) is 11.4 Å². The first-order valence-corrected chi connectivity index (χ1v) is 8.83. The fraction of sp³-hybridized carbons (Fsp3) is 0.333. The Labute approximate surface area is 163 Å². The van der Waals surface area contributed by atoms with Crippen molar-refractivity contribution in [3.8, 4) is 11.5 Å². The normalized spacial score (nSPS) is 23.2. The summed E-state index contributed by atoms with van der Waals surface area (Å²) >= 11 is 0. The lowest BCUT2D eigenvalue weighted by Gasteiger charge is -2.30. The molecule has 1 saturated heterocycles. The Bertz CT molecular complexity index is 943. The van der Waals surface area contributed by atoms with E-state index in [1.165, 1.54) is 24.5 Å². The molecule has 2 aliphatic heterocycles. The van der Waals surface area contributed by atoms with Gasteiger partial charge in [0, 0.05) is 12.4 Å².